The lowest BCUT2D eigenvalue weighted by atomic mass is 10.0. The van der Waals surface area contributed by atoms with Crippen molar-refractivity contribution in [1.82, 2.24) is 10.4 Å². The summed E-state index contributed by atoms with van der Waals surface area (Å²) in [4.78, 5) is 29.6. The SMILES string of the molecule is COc1ccc(Cl)cc1C(=O)Oc1c(Br)cc(Br)cc1C=NNC(=O)c1[nH]c2ccccc2c1-c1ccccc1. The predicted molar refractivity (Wildman–Crippen MR) is 164 cm³/mol. The summed E-state index contributed by atoms with van der Waals surface area (Å²) >= 11 is 13.0. The fourth-order valence-corrected chi connectivity index (χ4v) is 5.72. The van der Waals surface area contributed by atoms with E-state index in [0.29, 0.717) is 31.0 Å². The largest absolute Gasteiger partial charge is 0.496 e. The number of esters is 1. The number of hydrazone groups is 1. The molecule has 10 heteroatoms. The first kappa shape index (κ1) is 27.6. The Morgan fingerprint density at radius 2 is 1.73 bits per heavy atom. The number of halogens is 3. The third kappa shape index (κ3) is 5.82. The van der Waals surface area contributed by atoms with E-state index >= 15 is 0 Å². The van der Waals surface area contributed by atoms with Gasteiger partial charge in [0.05, 0.1) is 17.8 Å². The Hall–Kier alpha value is -3.92. The van der Waals surface area contributed by atoms with Crippen LogP contribution in [-0.2, 0) is 0 Å². The van der Waals surface area contributed by atoms with Crippen LogP contribution in [0.4, 0.5) is 0 Å². The number of ether oxygens (including phenoxy) is 2. The molecule has 5 rings (SSSR count). The van der Waals surface area contributed by atoms with E-state index in [1.54, 1.807) is 24.3 Å². The second-order valence-corrected chi connectivity index (χ2v) is 10.7. The molecule has 40 heavy (non-hydrogen) atoms. The van der Waals surface area contributed by atoms with Gasteiger partial charge in [-0.05, 0) is 57.9 Å². The molecule has 0 unspecified atom stereocenters. The molecule has 4 aromatic carbocycles. The molecule has 5 aromatic rings. The molecule has 2 N–H and O–H groups in total. The van der Waals surface area contributed by atoms with E-state index in [1.165, 1.54) is 19.4 Å². The number of carbonyl (C=O) groups is 2. The van der Waals surface area contributed by atoms with Crippen molar-refractivity contribution in [3.63, 3.8) is 0 Å². The number of aromatic nitrogens is 1. The summed E-state index contributed by atoms with van der Waals surface area (Å²) in [5.41, 5.74) is 6.05. The molecule has 0 spiro atoms. The van der Waals surface area contributed by atoms with Crippen LogP contribution >= 0.6 is 43.5 Å². The number of methoxy groups -OCH3 is 1. The highest BCUT2D eigenvalue weighted by Crippen LogP contribution is 2.35. The summed E-state index contributed by atoms with van der Waals surface area (Å²) in [6, 6.07) is 25.5. The van der Waals surface area contributed by atoms with Crippen LogP contribution in [0.5, 0.6) is 11.5 Å². The minimum atomic E-state index is -0.674. The standard InChI is InChI=1S/C30H20Br2ClN3O4/c1-39-25-12-11-20(33)15-22(25)30(38)40-28-18(13-19(31)14-23(28)32)16-34-36-29(37)27-26(17-7-3-2-4-8-17)21-9-5-6-10-24(21)35-27/h2-16,35H,1H3,(H,36,37). The number of hydrogen-bond acceptors (Lipinski definition) is 5. The lowest BCUT2D eigenvalue weighted by molar-refractivity contribution is 0.0729. The number of benzene rings is 4. The van der Waals surface area contributed by atoms with Crippen molar-refractivity contribution in [1.29, 1.82) is 0 Å². The van der Waals surface area contributed by atoms with Crippen molar-refractivity contribution in [2.45, 2.75) is 0 Å². The molecular weight excluding hydrogens is 662 g/mol. The number of nitrogens with one attached hydrogen (secondary N) is 2. The third-order valence-corrected chi connectivity index (χ3v) is 7.26. The Bertz CT molecular complexity index is 1770. The van der Waals surface area contributed by atoms with Crippen LogP contribution in [0.15, 0.2) is 99.0 Å². The van der Waals surface area contributed by atoms with Crippen LogP contribution in [0.25, 0.3) is 22.0 Å². The van der Waals surface area contributed by atoms with Gasteiger partial charge >= 0.3 is 5.97 Å². The van der Waals surface area contributed by atoms with Gasteiger partial charge in [0.2, 0.25) is 0 Å². The zero-order chi connectivity index (χ0) is 28.2. The number of rotatable bonds is 7. The van der Waals surface area contributed by atoms with Gasteiger partial charge in [-0.25, -0.2) is 10.2 Å². The Labute approximate surface area is 251 Å². The van der Waals surface area contributed by atoms with Crippen molar-refractivity contribution in [3.8, 4) is 22.6 Å². The molecule has 0 saturated carbocycles. The van der Waals surface area contributed by atoms with Gasteiger partial charge in [-0.3, -0.25) is 4.79 Å². The molecule has 1 amide bonds. The van der Waals surface area contributed by atoms with Gasteiger partial charge in [0, 0.05) is 31.5 Å². The van der Waals surface area contributed by atoms with Crippen LogP contribution in [0, 0.1) is 0 Å². The van der Waals surface area contributed by atoms with E-state index < -0.39 is 11.9 Å². The van der Waals surface area contributed by atoms with Gasteiger partial charge in [-0.15, -0.1) is 0 Å². The molecule has 0 aliphatic carbocycles. The van der Waals surface area contributed by atoms with Gasteiger partial charge < -0.3 is 14.5 Å². The summed E-state index contributed by atoms with van der Waals surface area (Å²) in [6.07, 6.45) is 1.40. The Balaban J connectivity index is 1.43. The maximum absolute atomic E-state index is 13.3. The zero-order valence-corrected chi connectivity index (χ0v) is 24.8. The number of amides is 1. The number of fused-ring (bicyclic) bond motifs is 1. The molecule has 0 aliphatic heterocycles. The Kier molecular flexibility index (Phi) is 8.35. The van der Waals surface area contributed by atoms with Crippen LogP contribution in [0.3, 0.4) is 0 Å². The minimum absolute atomic E-state index is 0.160. The van der Waals surface area contributed by atoms with E-state index in [1.807, 2.05) is 54.6 Å². The monoisotopic (exact) mass is 679 g/mol. The van der Waals surface area contributed by atoms with Gasteiger partial charge in [0.1, 0.15) is 17.0 Å². The highest BCUT2D eigenvalue weighted by molar-refractivity contribution is 9.11. The van der Waals surface area contributed by atoms with E-state index in [4.69, 9.17) is 21.1 Å². The Morgan fingerprint density at radius 3 is 2.50 bits per heavy atom. The fourth-order valence-electron chi connectivity index (χ4n) is 4.20. The number of hydrogen-bond donors (Lipinski definition) is 2. The number of aromatic amines is 1. The summed E-state index contributed by atoms with van der Waals surface area (Å²) in [5, 5.41) is 5.45. The molecule has 0 atom stereocenters. The van der Waals surface area contributed by atoms with E-state index in [0.717, 1.165) is 22.0 Å². The van der Waals surface area contributed by atoms with Crippen molar-refractivity contribution in [2.75, 3.05) is 7.11 Å². The maximum Gasteiger partial charge on any atom is 0.347 e. The number of nitrogens with zero attached hydrogens (tertiary/aromatic N) is 1. The lowest BCUT2D eigenvalue weighted by Crippen LogP contribution is -2.19. The van der Waals surface area contributed by atoms with Crippen LogP contribution in [0.1, 0.15) is 26.4 Å². The first-order valence-corrected chi connectivity index (χ1v) is 13.9. The minimum Gasteiger partial charge on any atom is -0.496 e. The molecule has 0 bridgehead atoms. The molecular formula is C30H20Br2ClN3O4. The van der Waals surface area contributed by atoms with Crippen molar-refractivity contribution in [3.05, 3.63) is 116 Å². The summed E-state index contributed by atoms with van der Waals surface area (Å²) < 4.78 is 12.2. The van der Waals surface area contributed by atoms with Crippen LogP contribution in [-0.4, -0.2) is 30.2 Å². The molecule has 0 saturated heterocycles. The molecule has 200 valence electrons. The third-order valence-electron chi connectivity index (χ3n) is 5.98. The first-order chi connectivity index (χ1) is 19.4. The highest BCUT2D eigenvalue weighted by atomic mass is 79.9. The topological polar surface area (TPSA) is 92.8 Å². The highest BCUT2D eigenvalue weighted by Gasteiger charge is 2.21. The first-order valence-electron chi connectivity index (χ1n) is 11.9. The molecule has 1 aromatic heterocycles. The lowest BCUT2D eigenvalue weighted by Gasteiger charge is -2.12. The normalized spacial score (nSPS) is 11.1. The molecule has 0 radical (unpaired) electrons. The van der Waals surface area contributed by atoms with E-state index in [-0.39, 0.29) is 11.3 Å². The number of para-hydroxylation sites is 1. The quantitative estimate of drug-likeness (QED) is 0.0788. The van der Waals surface area contributed by atoms with Crippen molar-refractivity contribution >= 4 is 72.5 Å². The van der Waals surface area contributed by atoms with Gasteiger partial charge in [-0.1, -0.05) is 76.1 Å². The second-order valence-electron chi connectivity index (χ2n) is 8.53. The average Bonchev–Trinajstić information content (AvgIpc) is 3.35. The smallest absolute Gasteiger partial charge is 0.347 e. The van der Waals surface area contributed by atoms with Gasteiger partial charge in [0.25, 0.3) is 5.91 Å². The number of H-pyrrole nitrogens is 1. The van der Waals surface area contributed by atoms with Crippen molar-refractivity contribution in [2.24, 2.45) is 5.10 Å². The van der Waals surface area contributed by atoms with E-state index in [9.17, 15) is 9.59 Å². The fraction of sp³-hybridized carbons (Fsp3) is 0.0333. The van der Waals surface area contributed by atoms with Crippen LogP contribution < -0.4 is 14.9 Å². The maximum atomic E-state index is 13.3. The van der Waals surface area contributed by atoms with E-state index in [2.05, 4.69) is 47.4 Å². The predicted octanol–water partition coefficient (Wildman–Crippen LogP) is 8.01. The van der Waals surface area contributed by atoms with Crippen LogP contribution in [0.2, 0.25) is 5.02 Å². The van der Waals surface area contributed by atoms with Gasteiger partial charge in [-0.2, -0.15) is 5.10 Å². The summed E-state index contributed by atoms with van der Waals surface area (Å²) in [7, 11) is 1.45. The molecule has 1 heterocycles. The molecule has 0 fully saturated rings. The summed E-state index contributed by atoms with van der Waals surface area (Å²) in [5.74, 6) is -0.587. The zero-order valence-electron chi connectivity index (χ0n) is 20.9. The number of carbonyl (C=O) groups excluding carboxylic acids is 2. The summed E-state index contributed by atoms with van der Waals surface area (Å²) in [6.45, 7) is 0. The van der Waals surface area contributed by atoms with Crippen molar-refractivity contribution < 1.29 is 19.1 Å². The average molecular weight is 682 g/mol. The Morgan fingerprint density at radius 1 is 0.975 bits per heavy atom. The van der Waals surface area contributed by atoms with Gasteiger partial charge in [0.15, 0.2) is 5.75 Å². The molecule has 0 aliphatic rings. The molecule has 7 nitrogen and oxygen atoms in total. The second kappa shape index (κ2) is 12.1.